The van der Waals surface area contributed by atoms with E-state index in [2.05, 4.69) is 16.8 Å². The Morgan fingerprint density at radius 2 is 2.19 bits per heavy atom. The zero-order chi connectivity index (χ0) is 18.0. The number of morpholine rings is 1. The second kappa shape index (κ2) is 7.44. The van der Waals surface area contributed by atoms with Gasteiger partial charge in [0.15, 0.2) is 0 Å². The largest absolute Gasteiger partial charge is 0.377 e. The number of thiophene rings is 1. The molecule has 0 saturated carbocycles. The van der Waals surface area contributed by atoms with Gasteiger partial charge in [-0.2, -0.15) is 0 Å². The lowest BCUT2D eigenvalue weighted by Gasteiger charge is -2.42. The summed E-state index contributed by atoms with van der Waals surface area (Å²) in [6.45, 7) is 6.12. The molecule has 6 nitrogen and oxygen atoms in total. The van der Waals surface area contributed by atoms with Gasteiger partial charge in [0, 0.05) is 30.7 Å². The highest BCUT2D eigenvalue weighted by Crippen LogP contribution is 2.31. The number of carbonyl (C=O) groups excluding carboxylic acids is 1. The van der Waals surface area contributed by atoms with Crippen molar-refractivity contribution >= 4 is 22.2 Å². The van der Waals surface area contributed by atoms with Gasteiger partial charge in [-0.15, -0.1) is 11.3 Å². The molecule has 138 valence electrons. The van der Waals surface area contributed by atoms with E-state index in [1.807, 2.05) is 41.4 Å². The Bertz CT molecular complexity index is 766. The third-order valence-corrected chi connectivity index (χ3v) is 5.81. The van der Waals surface area contributed by atoms with E-state index in [9.17, 15) is 4.79 Å². The van der Waals surface area contributed by atoms with Gasteiger partial charge in [-0.25, -0.2) is 0 Å². The van der Waals surface area contributed by atoms with Crippen LogP contribution >= 0.6 is 11.3 Å². The van der Waals surface area contributed by atoms with Crippen molar-refractivity contribution in [2.75, 3.05) is 44.4 Å². The Labute approximate surface area is 157 Å². The molecule has 1 atom stereocenters. The molecule has 7 heteroatoms. The van der Waals surface area contributed by atoms with E-state index in [1.165, 1.54) is 4.88 Å². The van der Waals surface area contributed by atoms with Crippen LogP contribution in [0.3, 0.4) is 0 Å². The van der Waals surface area contributed by atoms with E-state index in [-0.39, 0.29) is 12.5 Å². The molecule has 0 bridgehead atoms. The molecule has 2 fully saturated rings. The topological polar surface area (TPSA) is 54.9 Å². The molecule has 0 aliphatic carbocycles. The number of ether oxygens (including phenoxy) is 2. The standard InChI is InChI=1S/C19H23N3O3S/c1-15-5-6-18(26-15)22-13-19(25-11-17(22)23)12-21(8-9-24-14-19)10-16-4-2-3-7-20-16/h2-7H,8-14H2,1H3. The van der Waals surface area contributed by atoms with Crippen LogP contribution < -0.4 is 4.90 Å². The van der Waals surface area contributed by atoms with Crippen molar-refractivity contribution in [1.29, 1.82) is 0 Å². The second-order valence-electron chi connectivity index (χ2n) is 6.92. The van der Waals surface area contributed by atoms with Crippen molar-refractivity contribution in [3.63, 3.8) is 0 Å². The number of carbonyl (C=O) groups is 1. The molecular weight excluding hydrogens is 350 g/mol. The summed E-state index contributed by atoms with van der Waals surface area (Å²) in [5, 5.41) is 0.982. The van der Waals surface area contributed by atoms with Crippen LogP contribution in [0.2, 0.25) is 0 Å². The van der Waals surface area contributed by atoms with Crippen LogP contribution in [0.25, 0.3) is 0 Å². The first-order valence-electron chi connectivity index (χ1n) is 8.84. The number of anilines is 1. The van der Waals surface area contributed by atoms with Crippen molar-refractivity contribution in [2.24, 2.45) is 0 Å². The van der Waals surface area contributed by atoms with Crippen LogP contribution in [0, 0.1) is 6.92 Å². The fourth-order valence-electron chi connectivity index (χ4n) is 3.50. The van der Waals surface area contributed by atoms with Crippen molar-refractivity contribution in [2.45, 2.75) is 19.1 Å². The molecule has 0 N–H and O–H groups in total. The maximum atomic E-state index is 12.4. The van der Waals surface area contributed by atoms with E-state index < -0.39 is 5.60 Å². The Morgan fingerprint density at radius 1 is 1.27 bits per heavy atom. The lowest BCUT2D eigenvalue weighted by Crippen LogP contribution is -2.60. The smallest absolute Gasteiger partial charge is 0.253 e. The minimum Gasteiger partial charge on any atom is -0.377 e. The van der Waals surface area contributed by atoms with Gasteiger partial charge in [-0.05, 0) is 31.2 Å². The molecule has 2 aliphatic heterocycles. The predicted octanol–water partition coefficient (Wildman–Crippen LogP) is 2.09. The van der Waals surface area contributed by atoms with Gasteiger partial charge in [0.05, 0.1) is 30.5 Å². The summed E-state index contributed by atoms with van der Waals surface area (Å²) >= 11 is 1.64. The highest BCUT2D eigenvalue weighted by molar-refractivity contribution is 7.16. The van der Waals surface area contributed by atoms with E-state index in [0.717, 1.165) is 30.3 Å². The number of aryl methyl sites for hydroxylation is 1. The predicted molar refractivity (Wildman–Crippen MR) is 100 cm³/mol. The summed E-state index contributed by atoms with van der Waals surface area (Å²) in [7, 11) is 0. The molecule has 4 heterocycles. The summed E-state index contributed by atoms with van der Waals surface area (Å²) < 4.78 is 11.9. The van der Waals surface area contributed by atoms with Crippen LogP contribution in [0.1, 0.15) is 10.6 Å². The molecular formula is C19H23N3O3S. The molecule has 1 unspecified atom stereocenters. The van der Waals surface area contributed by atoms with Crippen LogP contribution in [-0.4, -0.2) is 60.8 Å². The van der Waals surface area contributed by atoms with Crippen molar-refractivity contribution in [3.05, 3.63) is 47.1 Å². The van der Waals surface area contributed by atoms with Crippen LogP contribution in [0.4, 0.5) is 5.00 Å². The van der Waals surface area contributed by atoms with Gasteiger partial charge in [-0.1, -0.05) is 6.07 Å². The number of nitrogens with zero attached hydrogens (tertiary/aromatic N) is 3. The first-order chi connectivity index (χ1) is 12.6. The summed E-state index contributed by atoms with van der Waals surface area (Å²) in [5.74, 6) is 0.0120. The monoisotopic (exact) mass is 373 g/mol. The first kappa shape index (κ1) is 17.6. The van der Waals surface area contributed by atoms with Crippen molar-refractivity contribution < 1.29 is 14.3 Å². The summed E-state index contributed by atoms with van der Waals surface area (Å²) in [5.41, 5.74) is 0.527. The van der Waals surface area contributed by atoms with Gasteiger partial charge >= 0.3 is 0 Å². The third kappa shape index (κ3) is 3.81. The number of pyridine rings is 1. The van der Waals surface area contributed by atoms with Crippen LogP contribution in [0.5, 0.6) is 0 Å². The molecule has 0 radical (unpaired) electrons. The maximum absolute atomic E-state index is 12.4. The molecule has 0 aromatic carbocycles. The normalized spacial score (nSPS) is 24.8. The van der Waals surface area contributed by atoms with Gasteiger partial charge in [0.1, 0.15) is 12.2 Å². The fraction of sp³-hybridized carbons (Fsp3) is 0.474. The molecule has 2 aliphatic rings. The van der Waals surface area contributed by atoms with Crippen LogP contribution in [0.15, 0.2) is 36.5 Å². The Balaban J connectivity index is 1.52. The zero-order valence-corrected chi connectivity index (χ0v) is 15.7. The first-order valence-corrected chi connectivity index (χ1v) is 9.66. The lowest BCUT2D eigenvalue weighted by atomic mass is 10.0. The fourth-order valence-corrected chi connectivity index (χ4v) is 4.38. The summed E-state index contributed by atoms with van der Waals surface area (Å²) in [6, 6.07) is 10.0. The van der Waals surface area contributed by atoms with Crippen molar-refractivity contribution in [3.8, 4) is 0 Å². The maximum Gasteiger partial charge on any atom is 0.253 e. The number of rotatable bonds is 3. The van der Waals surface area contributed by atoms with E-state index in [0.29, 0.717) is 19.8 Å². The number of amides is 1. The number of hydrogen-bond acceptors (Lipinski definition) is 6. The molecule has 2 saturated heterocycles. The van der Waals surface area contributed by atoms with E-state index >= 15 is 0 Å². The minimum absolute atomic E-state index is 0.0120. The molecule has 26 heavy (non-hydrogen) atoms. The second-order valence-corrected chi connectivity index (χ2v) is 8.19. The summed E-state index contributed by atoms with van der Waals surface area (Å²) in [6.07, 6.45) is 1.82. The zero-order valence-electron chi connectivity index (χ0n) is 14.9. The SMILES string of the molecule is Cc1ccc(N2CC3(COCCN(Cc4ccccn4)C3)OCC2=O)s1. The van der Waals surface area contributed by atoms with Gasteiger partial charge < -0.3 is 9.47 Å². The minimum atomic E-state index is -0.503. The molecule has 1 amide bonds. The average molecular weight is 373 g/mol. The molecule has 1 spiro atoms. The Hall–Kier alpha value is -1.80. The van der Waals surface area contributed by atoms with Crippen LogP contribution in [-0.2, 0) is 20.8 Å². The van der Waals surface area contributed by atoms with Crippen molar-refractivity contribution in [1.82, 2.24) is 9.88 Å². The quantitative estimate of drug-likeness (QED) is 0.825. The molecule has 4 rings (SSSR count). The van der Waals surface area contributed by atoms with Gasteiger partial charge in [0.25, 0.3) is 5.91 Å². The number of hydrogen-bond donors (Lipinski definition) is 0. The Kier molecular flexibility index (Phi) is 5.04. The third-order valence-electron chi connectivity index (χ3n) is 4.78. The molecule has 2 aromatic rings. The molecule has 2 aromatic heterocycles. The average Bonchev–Trinajstić information content (AvgIpc) is 2.98. The van der Waals surface area contributed by atoms with Gasteiger partial charge in [0.2, 0.25) is 0 Å². The highest BCUT2D eigenvalue weighted by atomic mass is 32.1. The number of aromatic nitrogens is 1. The summed E-state index contributed by atoms with van der Waals surface area (Å²) in [4.78, 5) is 22.2. The van der Waals surface area contributed by atoms with E-state index in [4.69, 9.17) is 9.47 Å². The van der Waals surface area contributed by atoms with E-state index in [1.54, 1.807) is 11.3 Å². The van der Waals surface area contributed by atoms with Gasteiger partial charge in [-0.3, -0.25) is 19.6 Å². The lowest BCUT2D eigenvalue weighted by molar-refractivity contribution is -0.146. The highest BCUT2D eigenvalue weighted by Gasteiger charge is 2.43. The Morgan fingerprint density at radius 3 is 2.96 bits per heavy atom.